The van der Waals surface area contributed by atoms with Gasteiger partial charge in [0.15, 0.2) is 0 Å². The maximum atomic E-state index is 9.95. The fourth-order valence-electron chi connectivity index (χ4n) is 2.58. The molecule has 0 bridgehead atoms. The van der Waals surface area contributed by atoms with Crippen LogP contribution in [0, 0.1) is 0 Å². The van der Waals surface area contributed by atoms with Gasteiger partial charge in [-0.3, -0.25) is 0 Å². The zero-order chi connectivity index (χ0) is 13.0. The molecule has 0 heterocycles. The Hall–Kier alpha value is -0.670. The van der Waals surface area contributed by atoms with Gasteiger partial charge in [0, 0.05) is 15.7 Å². The van der Waals surface area contributed by atoms with Crippen LogP contribution < -0.4 is 4.74 Å². The largest absolute Gasteiger partial charge is 0.496 e. The summed E-state index contributed by atoms with van der Waals surface area (Å²) >= 11 is 1.91. The molecule has 1 aromatic rings. The van der Waals surface area contributed by atoms with E-state index in [2.05, 4.69) is 6.07 Å². The van der Waals surface area contributed by atoms with Gasteiger partial charge in [-0.15, -0.1) is 11.8 Å². The molecule has 1 N–H and O–H groups in total. The van der Waals surface area contributed by atoms with Crippen LogP contribution >= 0.6 is 11.8 Å². The second-order valence-electron chi connectivity index (χ2n) is 4.93. The number of benzene rings is 1. The molecule has 1 saturated carbocycles. The van der Waals surface area contributed by atoms with Crippen LogP contribution in [-0.2, 0) is 0 Å². The quantitative estimate of drug-likeness (QED) is 0.886. The second-order valence-corrected chi connectivity index (χ2v) is 6.27. The minimum absolute atomic E-state index is 0.479. The number of thioether (sulfide) groups is 1. The molecule has 0 unspecified atom stereocenters. The van der Waals surface area contributed by atoms with E-state index >= 15 is 0 Å². The van der Waals surface area contributed by atoms with Crippen LogP contribution in [0.25, 0.3) is 0 Å². The monoisotopic (exact) mass is 266 g/mol. The van der Waals surface area contributed by atoms with E-state index in [1.54, 1.807) is 7.11 Å². The Balaban J connectivity index is 2.20. The standard InChI is InChI=1S/C15H22O2S/c1-11(16)15-13(17-2)9-6-10-14(15)18-12-7-4-3-5-8-12/h6,9-12,16H,3-5,7-8H2,1-2H3/t11-/m1/s1. The van der Waals surface area contributed by atoms with Gasteiger partial charge in [-0.1, -0.05) is 25.3 Å². The molecule has 1 aromatic carbocycles. The van der Waals surface area contributed by atoms with Gasteiger partial charge in [-0.2, -0.15) is 0 Å². The minimum atomic E-state index is -0.479. The van der Waals surface area contributed by atoms with Gasteiger partial charge in [0.05, 0.1) is 13.2 Å². The number of methoxy groups -OCH3 is 1. The van der Waals surface area contributed by atoms with E-state index in [9.17, 15) is 5.11 Å². The summed E-state index contributed by atoms with van der Waals surface area (Å²) < 4.78 is 5.36. The van der Waals surface area contributed by atoms with Gasteiger partial charge in [-0.25, -0.2) is 0 Å². The van der Waals surface area contributed by atoms with Crippen LogP contribution in [0.15, 0.2) is 23.1 Å². The van der Waals surface area contributed by atoms with E-state index < -0.39 is 6.10 Å². The van der Waals surface area contributed by atoms with Crippen LogP contribution in [0.4, 0.5) is 0 Å². The SMILES string of the molecule is COc1cccc(SC2CCCCC2)c1[C@@H](C)O. The molecule has 2 rings (SSSR count). The van der Waals surface area contributed by atoms with E-state index in [1.165, 1.54) is 37.0 Å². The van der Waals surface area contributed by atoms with Crippen LogP contribution in [0.2, 0.25) is 0 Å². The highest BCUT2D eigenvalue weighted by atomic mass is 32.2. The van der Waals surface area contributed by atoms with E-state index in [0.717, 1.165) is 11.3 Å². The Labute approximate surface area is 114 Å². The van der Waals surface area contributed by atoms with Gasteiger partial charge in [0.25, 0.3) is 0 Å². The summed E-state index contributed by atoms with van der Waals surface area (Å²) in [5.41, 5.74) is 0.940. The fourth-order valence-corrected chi connectivity index (χ4v) is 4.06. The number of rotatable bonds is 4. The molecule has 0 amide bonds. The summed E-state index contributed by atoms with van der Waals surface area (Å²) in [5.74, 6) is 0.797. The Kier molecular flexibility index (Phi) is 4.95. The normalized spacial score (nSPS) is 18.6. The molecule has 1 fully saturated rings. The van der Waals surface area contributed by atoms with Crippen molar-refractivity contribution in [1.82, 2.24) is 0 Å². The molecule has 1 aliphatic carbocycles. The second kappa shape index (κ2) is 6.48. The van der Waals surface area contributed by atoms with Gasteiger partial charge >= 0.3 is 0 Å². The molecule has 18 heavy (non-hydrogen) atoms. The van der Waals surface area contributed by atoms with Gasteiger partial charge in [-0.05, 0) is 31.9 Å². The third-order valence-corrected chi connectivity index (χ3v) is 4.92. The van der Waals surface area contributed by atoms with Gasteiger partial charge < -0.3 is 9.84 Å². The van der Waals surface area contributed by atoms with Crippen LogP contribution in [0.3, 0.4) is 0 Å². The van der Waals surface area contributed by atoms with Gasteiger partial charge in [0.2, 0.25) is 0 Å². The lowest BCUT2D eigenvalue weighted by Crippen LogP contribution is -2.09. The molecular weight excluding hydrogens is 244 g/mol. The van der Waals surface area contributed by atoms with Crippen molar-refractivity contribution in [3.63, 3.8) is 0 Å². The summed E-state index contributed by atoms with van der Waals surface area (Å²) in [6.07, 6.45) is 6.16. The summed E-state index contributed by atoms with van der Waals surface area (Å²) in [4.78, 5) is 1.18. The Morgan fingerprint density at radius 1 is 1.28 bits per heavy atom. The van der Waals surface area contributed by atoms with Crippen molar-refractivity contribution >= 4 is 11.8 Å². The smallest absolute Gasteiger partial charge is 0.125 e. The molecule has 0 aromatic heterocycles. The number of hydrogen-bond acceptors (Lipinski definition) is 3. The lowest BCUT2D eigenvalue weighted by atomic mass is 10.0. The van der Waals surface area contributed by atoms with Crippen molar-refractivity contribution in [2.24, 2.45) is 0 Å². The van der Waals surface area contributed by atoms with Crippen molar-refractivity contribution < 1.29 is 9.84 Å². The molecule has 0 saturated heterocycles. The van der Waals surface area contributed by atoms with Crippen molar-refractivity contribution in [2.45, 2.75) is 55.3 Å². The minimum Gasteiger partial charge on any atom is -0.496 e. The molecule has 0 aliphatic heterocycles. The topological polar surface area (TPSA) is 29.5 Å². The number of aliphatic hydroxyl groups excluding tert-OH is 1. The maximum Gasteiger partial charge on any atom is 0.125 e. The highest BCUT2D eigenvalue weighted by molar-refractivity contribution is 8.00. The van der Waals surface area contributed by atoms with E-state index in [-0.39, 0.29) is 0 Å². The van der Waals surface area contributed by atoms with E-state index in [0.29, 0.717) is 5.25 Å². The lowest BCUT2D eigenvalue weighted by molar-refractivity contribution is 0.191. The highest BCUT2D eigenvalue weighted by Crippen LogP contribution is 2.40. The maximum absolute atomic E-state index is 9.95. The molecule has 0 spiro atoms. The van der Waals surface area contributed by atoms with Crippen molar-refractivity contribution in [3.8, 4) is 5.75 Å². The zero-order valence-corrected chi connectivity index (χ0v) is 12.0. The molecule has 3 heteroatoms. The van der Waals surface area contributed by atoms with Crippen molar-refractivity contribution in [1.29, 1.82) is 0 Å². The average Bonchev–Trinajstić information content (AvgIpc) is 2.39. The molecule has 100 valence electrons. The first-order valence-electron chi connectivity index (χ1n) is 6.74. The average molecular weight is 266 g/mol. The Bertz CT molecular complexity index is 384. The van der Waals surface area contributed by atoms with E-state index in [4.69, 9.17) is 4.74 Å². The predicted molar refractivity (Wildman–Crippen MR) is 76.4 cm³/mol. The first-order valence-corrected chi connectivity index (χ1v) is 7.62. The van der Waals surface area contributed by atoms with Crippen molar-refractivity contribution in [3.05, 3.63) is 23.8 Å². The summed E-state index contributed by atoms with van der Waals surface area (Å²) in [7, 11) is 1.66. The molecule has 2 nitrogen and oxygen atoms in total. The number of aliphatic hydroxyl groups is 1. The fraction of sp³-hybridized carbons (Fsp3) is 0.600. The summed E-state index contributed by atoms with van der Waals surface area (Å²) in [6, 6.07) is 6.03. The highest BCUT2D eigenvalue weighted by Gasteiger charge is 2.19. The Morgan fingerprint density at radius 2 is 2.00 bits per heavy atom. The van der Waals surface area contributed by atoms with Crippen molar-refractivity contribution in [2.75, 3.05) is 7.11 Å². The van der Waals surface area contributed by atoms with Crippen LogP contribution in [-0.4, -0.2) is 17.5 Å². The van der Waals surface area contributed by atoms with Gasteiger partial charge in [0.1, 0.15) is 5.75 Å². The van der Waals surface area contributed by atoms with Crippen LogP contribution in [0.5, 0.6) is 5.75 Å². The molecule has 0 radical (unpaired) electrons. The van der Waals surface area contributed by atoms with E-state index in [1.807, 2.05) is 30.8 Å². The molecule has 1 aliphatic rings. The summed E-state index contributed by atoms with van der Waals surface area (Å²) in [5, 5.41) is 10.7. The lowest BCUT2D eigenvalue weighted by Gasteiger charge is -2.23. The summed E-state index contributed by atoms with van der Waals surface area (Å²) in [6.45, 7) is 1.81. The predicted octanol–water partition coefficient (Wildman–Crippen LogP) is 4.17. The number of ether oxygens (including phenoxy) is 1. The first kappa shape index (κ1) is 13.8. The molecule has 1 atom stereocenters. The molecular formula is C15H22O2S. The third-order valence-electron chi connectivity index (χ3n) is 3.51. The third kappa shape index (κ3) is 3.21. The zero-order valence-electron chi connectivity index (χ0n) is 11.2. The first-order chi connectivity index (χ1) is 8.72. The van der Waals surface area contributed by atoms with Crippen LogP contribution in [0.1, 0.15) is 50.7 Å². The Morgan fingerprint density at radius 3 is 2.61 bits per heavy atom. The number of hydrogen-bond donors (Lipinski definition) is 1.